The third-order valence-corrected chi connectivity index (χ3v) is 21.2. The number of phosphoric ester groups is 2. The molecule has 0 radical (unpaired) electrons. The first kappa shape index (κ1) is 97.1. The molecule has 7 atom stereocenters. The van der Waals surface area contributed by atoms with Crippen LogP contribution in [0.2, 0.25) is 0 Å². The summed E-state index contributed by atoms with van der Waals surface area (Å²) in [5.74, 6) is 0.998. The van der Waals surface area contributed by atoms with Gasteiger partial charge in [-0.2, -0.15) is 0 Å². The van der Waals surface area contributed by atoms with Crippen LogP contribution in [0.15, 0.2) is 0 Å². The fraction of sp³-hybridized carbons (Fsp3) is 0.950. The number of carbonyl (C=O) groups is 4. The fourth-order valence-electron chi connectivity index (χ4n) is 12.2. The number of hydrogen-bond acceptors (Lipinski definition) is 15. The zero-order valence-electron chi connectivity index (χ0n) is 65.1. The lowest BCUT2D eigenvalue weighted by Crippen LogP contribution is -2.30. The molecule has 0 rings (SSSR count). The lowest BCUT2D eigenvalue weighted by Gasteiger charge is -2.21. The molecule has 0 saturated carbocycles. The SMILES string of the molecule is CCC(C)CCCCCCCCCCC(=O)O[C@H](COC(=O)CCCCCCCCC(C)CC)COP(=O)(O)OC[C@H](O)COP(=O)(O)OC[C@@H](COC(=O)CCCCCCCCCCCCCCCCCCC(C)C)OC(=O)CCCCCCCCCCCCCCCCCC(C)C. The lowest BCUT2D eigenvalue weighted by atomic mass is 9.99. The van der Waals surface area contributed by atoms with Gasteiger partial charge < -0.3 is 33.8 Å². The molecule has 0 aliphatic heterocycles. The number of aliphatic hydroxyl groups excluding tert-OH is 1. The Morgan fingerprint density at radius 1 is 0.283 bits per heavy atom. The number of ether oxygens (including phenoxy) is 4. The van der Waals surface area contributed by atoms with Gasteiger partial charge in [0.15, 0.2) is 12.2 Å². The van der Waals surface area contributed by atoms with Crippen molar-refractivity contribution in [1.29, 1.82) is 0 Å². The van der Waals surface area contributed by atoms with Crippen LogP contribution in [0.25, 0.3) is 0 Å². The van der Waals surface area contributed by atoms with Gasteiger partial charge in [0.25, 0.3) is 0 Å². The van der Waals surface area contributed by atoms with E-state index < -0.39 is 97.5 Å². The van der Waals surface area contributed by atoms with Crippen LogP contribution >= 0.6 is 15.6 Å². The largest absolute Gasteiger partial charge is 0.472 e. The highest BCUT2D eigenvalue weighted by Gasteiger charge is 2.30. The number of hydrogen-bond donors (Lipinski definition) is 3. The number of carbonyl (C=O) groups excluding carboxylic acids is 4. The zero-order chi connectivity index (χ0) is 73.1. The van der Waals surface area contributed by atoms with Crippen LogP contribution in [0.1, 0.15) is 409 Å². The van der Waals surface area contributed by atoms with Gasteiger partial charge >= 0.3 is 39.5 Å². The number of esters is 4. The summed E-state index contributed by atoms with van der Waals surface area (Å²) in [6.07, 6.45) is 55.5. The summed E-state index contributed by atoms with van der Waals surface area (Å²) in [6, 6.07) is 0. The first-order valence-corrected chi connectivity index (χ1v) is 44.3. The Balaban J connectivity index is 5.24. The Morgan fingerprint density at radius 3 is 0.717 bits per heavy atom. The van der Waals surface area contributed by atoms with Crippen molar-refractivity contribution in [2.24, 2.45) is 23.7 Å². The maximum Gasteiger partial charge on any atom is 0.472 e. The van der Waals surface area contributed by atoms with E-state index in [0.717, 1.165) is 120 Å². The van der Waals surface area contributed by atoms with Gasteiger partial charge in [-0.05, 0) is 49.4 Å². The van der Waals surface area contributed by atoms with Crippen LogP contribution in [0.5, 0.6) is 0 Å². The standard InChI is InChI=1S/C80H156O17P2/c1-9-72(7)58-50-42-34-30-31-37-47-55-63-80(85)97-76(67-91-78(83)61-53-45-39-38-43-51-59-73(8)10-2)69-95-99(88,89)93-65-74(81)64-92-98(86,87)94-68-75(96-79(84)62-54-46-36-29-25-21-17-13-15-19-23-27-33-41-49-57-71(5)6)66-90-77(82)60-52-44-35-28-24-20-16-12-11-14-18-22-26-32-40-48-56-70(3)4/h70-76,81H,9-69H2,1-8H3,(H,86,87)(H,88,89)/t72?,73?,74-,75-,76-/m1/s1. The molecule has 0 spiro atoms. The molecule has 0 aliphatic carbocycles. The van der Waals surface area contributed by atoms with E-state index in [0.29, 0.717) is 25.7 Å². The summed E-state index contributed by atoms with van der Waals surface area (Å²) in [5, 5.41) is 10.6. The van der Waals surface area contributed by atoms with Crippen molar-refractivity contribution in [3.05, 3.63) is 0 Å². The number of phosphoric acid groups is 2. The Labute approximate surface area is 607 Å². The Hall–Kier alpha value is -1.94. The highest BCUT2D eigenvalue weighted by molar-refractivity contribution is 7.47. The first-order chi connectivity index (χ1) is 47.7. The maximum absolute atomic E-state index is 13.1. The molecule has 0 heterocycles. The van der Waals surface area contributed by atoms with Gasteiger partial charge in [0.1, 0.15) is 19.3 Å². The number of rotatable bonds is 77. The van der Waals surface area contributed by atoms with Gasteiger partial charge in [0.2, 0.25) is 0 Å². The van der Waals surface area contributed by atoms with Gasteiger partial charge in [0.05, 0.1) is 26.4 Å². The van der Waals surface area contributed by atoms with Crippen LogP contribution in [-0.4, -0.2) is 96.7 Å². The van der Waals surface area contributed by atoms with Crippen LogP contribution in [0.4, 0.5) is 0 Å². The lowest BCUT2D eigenvalue weighted by molar-refractivity contribution is -0.161. The molecular formula is C80H156O17P2. The van der Waals surface area contributed by atoms with E-state index in [2.05, 4.69) is 55.4 Å². The molecule has 0 aromatic rings. The first-order valence-electron chi connectivity index (χ1n) is 41.3. The van der Waals surface area contributed by atoms with Crippen molar-refractivity contribution in [2.75, 3.05) is 39.6 Å². The van der Waals surface area contributed by atoms with Gasteiger partial charge in [0, 0.05) is 25.7 Å². The molecule has 0 aromatic carbocycles. The minimum Gasteiger partial charge on any atom is -0.462 e. The van der Waals surface area contributed by atoms with Crippen molar-refractivity contribution in [3.63, 3.8) is 0 Å². The molecule has 0 bridgehead atoms. The van der Waals surface area contributed by atoms with Crippen molar-refractivity contribution in [3.8, 4) is 0 Å². The topological polar surface area (TPSA) is 237 Å². The van der Waals surface area contributed by atoms with E-state index >= 15 is 0 Å². The molecular weight excluding hydrogens is 1290 g/mol. The van der Waals surface area contributed by atoms with Crippen LogP contribution < -0.4 is 0 Å². The molecule has 0 aromatic heterocycles. The van der Waals surface area contributed by atoms with Gasteiger partial charge in [-0.1, -0.05) is 357 Å². The van der Waals surface area contributed by atoms with Crippen molar-refractivity contribution in [1.82, 2.24) is 0 Å². The van der Waals surface area contributed by atoms with Gasteiger partial charge in [-0.25, -0.2) is 9.13 Å². The maximum atomic E-state index is 13.1. The highest BCUT2D eigenvalue weighted by Crippen LogP contribution is 2.45. The minimum absolute atomic E-state index is 0.104. The van der Waals surface area contributed by atoms with Crippen molar-refractivity contribution < 1.29 is 80.2 Å². The zero-order valence-corrected chi connectivity index (χ0v) is 66.9. The summed E-state index contributed by atoms with van der Waals surface area (Å²) < 4.78 is 68.7. The van der Waals surface area contributed by atoms with E-state index in [1.54, 1.807) is 0 Å². The average Bonchev–Trinajstić information content (AvgIpc) is 1.13. The normalized spacial score (nSPS) is 14.6. The third kappa shape index (κ3) is 71.5. The predicted octanol–water partition coefficient (Wildman–Crippen LogP) is 23.6. The molecule has 3 N–H and O–H groups in total. The van der Waals surface area contributed by atoms with Gasteiger partial charge in [-0.15, -0.1) is 0 Å². The predicted molar refractivity (Wildman–Crippen MR) is 404 cm³/mol. The molecule has 0 fully saturated rings. The molecule has 19 heteroatoms. The monoisotopic (exact) mass is 1450 g/mol. The second-order valence-corrected chi connectivity index (χ2v) is 33.1. The molecule has 17 nitrogen and oxygen atoms in total. The van der Waals surface area contributed by atoms with E-state index in [9.17, 15) is 43.2 Å². The van der Waals surface area contributed by atoms with E-state index in [-0.39, 0.29) is 25.7 Å². The number of aliphatic hydroxyl groups is 1. The molecule has 0 amide bonds. The Bertz CT molecular complexity index is 1940. The van der Waals surface area contributed by atoms with Crippen molar-refractivity contribution >= 4 is 39.5 Å². The summed E-state index contributed by atoms with van der Waals surface area (Å²) >= 11 is 0. The minimum atomic E-state index is -4.96. The quantitative estimate of drug-likeness (QED) is 0.0222. The van der Waals surface area contributed by atoms with E-state index in [1.807, 2.05) is 0 Å². The smallest absolute Gasteiger partial charge is 0.462 e. The van der Waals surface area contributed by atoms with Crippen LogP contribution in [0, 0.1) is 23.7 Å². The molecule has 0 saturated heterocycles. The average molecular weight is 1450 g/mol. The van der Waals surface area contributed by atoms with E-state index in [1.165, 1.54) is 205 Å². The molecule has 0 aliphatic rings. The molecule has 99 heavy (non-hydrogen) atoms. The van der Waals surface area contributed by atoms with Crippen LogP contribution in [0.3, 0.4) is 0 Å². The summed E-state index contributed by atoms with van der Waals surface area (Å²) in [5.41, 5.74) is 0. The molecule has 588 valence electrons. The second-order valence-electron chi connectivity index (χ2n) is 30.2. The van der Waals surface area contributed by atoms with Gasteiger partial charge in [-0.3, -0.25) is 37.3 Å². The summed E-state index contributed by atoms with van der Waals surface area (Å²) in [6.45, 7) is 14.2. The fourth-order valence-corrected chi connectivity index (χ4v) is 13.8. The second kappa shape index (κ2) is 69.1. The number of unbranched alkanes of at least 4 members (excludes halogenated alkanes) is 41. The highest BCUT2D eigenvalue weighted by atomic mass is 31.2. The summed E-state index contributed by atoms with van der Waals surface area (Å²) in [4.78, 5) is 73.0. The Morgan fingerprint density at radius 2 is 0.485 bits per heavy atom. The van der Waals surface area contributed by atoms with E-state index in [4.69, 9.17) is 37.0 Å². The molecule has 4 unspecified atom stereocenters. The summed E-state index contributed by atoms with van der Waals surface area (Å²) in [7, 11) is -9.92. The third-order valence-electron chi connectivity index (χ3n) is 19.3. The van der Waals surface area contributed by atoms with Crippen LogP contribution in [-0.2, 0) is 65.4 Å². The van der Waals surface area contributed by atoms with Crippen molar-refractivity contribution in [2.45, 2.75) is 427 Å². The Kier molecular flexibility index (Phi) is 67.8.